The Morgan fingerprint density at radius 2 is 0.903 bits per heavy atom. The van der Waals surface area contributed by atoms with Crippen LogP contribution in [0, 0.1) is 16.2 Å². The molecule has 186 valence electrons. The summed E-state index contributed by atoms with van der Waals surface area (Å²) in [6, 6.07) is 0. The summed E-state index contributed by atoms with van der Waals surface area (Å²) in [6.45, 7) is 30.4. The Morgan fingerprint density at radius 1 is 0.516 bits per heavy atom. The van der Waals surface area contributed by atoms with Gasteiger partial charge in [0.2, 0.25) is 0 Å². The lowest BCUT2D eigenvalue weighted by molar-refractivity contribution is -0.302. The van der Waals surface area contributed by atoms with Crippen LogP contribution in [0.5, 0.6) is 0 Å². The molecule has 1 atom stereocenters. The quantitative estimate of drug-likeness (QED) is 0.542. The molecule has 0 aromatic rings. The Hall–Kier alpha value is -0.240. The average Bonchev–Trinajstić information content (AvgIpc) is 3.25. The highest BCUT2D eigenvalue weighted by Gasteiger charge is 2.43. The van der Waals surface area contributed by atoms with Crippen molar-refractivity contribution in [2.75, 3.05) is 39.6 Å². The van der Waals surface area contributed by atoms with E-state index in [0.717, 1.165) is 46.0 Å². The minimum Gasteiger partial charge on any atom is -0.359 e. The molecule has 6 heteroatoms. The second-order valence-corrected chi connectivity index (χ2v) is 12.2. The molecule has 3 fully saturated rings. The van der Waals surface area contributed by atoms with Gasteiger partial charge >= 0.3 is 0 Å². The van der Waals surface area contributed by atoms with E-state index in [1.807, 2.05) is 13.8 Å². The summed E-state index contributed by atoms with van der Waals surface area (Å²) in [7, 11) is 0. The summed E-state index contributed by atoms with van der Waals surface area (Å²) in [5.74, 6) is -0.752. The minimum atomic E-state index is -0.384. The molecule has 1 N–H and O–H groups in total. The van der Waals surface area contributed by atoms with Crippen LogP contribution in [0.3, 0.4) is 0 Å². The first kappa shape index (κ1) is 28.8. The van der Waals surface area contributed by atoms with Gasteiger partial charge in [-0.05, 0) is 27.2 Å². The van der Waals surface area contributed by atoms with E-state index >= 15 is 0 Å². The Labute approximate surface area is 192 Å². The molecule has 3 aliphatic rings. The van der Waals surface area contributed by atoms with Crippen molar-refractivity contribution < 1.29 is 23.7 Å². The average molecular weight is 446 g/mol. The molecule has 0 saturated carbocycles. The van der Waals surface area contributed by atoms with E-state index in [0.29, 0.717) is 0 Å². The summed E-state index contributed by atoms with van der Waals surface area (Å²) in [5.41, 5.74) is 0.202. The summed E-state index contributed by atoms with van der Waals surface area (Å²) in [4.78, 5) is 0. The van der Waals surface area contributed by atoms with Gasteiger partial charge in [0.05, 0.1) is 33.0 Å². The maximum atomic E-state index is 5.61. The van der Waals surface area contributed by atoms with Crippen LogP contribution in [0.25, 0.3) is 0 Å². The van der Waals surface area contributed by atoms with Gasteiger partial charge in [-0.25, -0.2) is 0 Å². The maximum Gasteiger partial charge on any atom is 0.170 e. The van der Waals surface area contributed by atoms with E-state index in [1.165, 1.54) is 0 Å². The van der Waals surface area contributed by atoms with Crippen LogP contribution in [0.1, 0.15) is 89.5 Å². The fraction of sp³-hybridized carbons (Fsp3) is 1.00. The molecule has 3 heterocycles. The Balaban J connectivity index is 0.000000233. The zero-order valence-corrected chi connectivity index (χ0v) is 22.5. The van der Waals surface area contributed by atoms with Crippen LogP contribution in [0.15, 0.2) is 0 Å². The second-order valence-electron chi connectivity index (χ2n) is 12.2. The third-order valence-electron chi connectivity index (χ3n) is 6.99. The van der Waals surface area contributed by atoms with Crippen LogP contribution in [0.2, 0.25) is 0 Å². The molecular formula is C25H51NO5. The van der Waals surface area contributed by atoms with Crippen molar-refractivity contribution in [2.45, 2.75) is 107 Å². The number of ether oxygens (including phenoxy) is 5. The molecule has 3 rings (SSSR count). The minimum absolute atomic E-state index is 0.0629. The summed E-state index contributed by atoms with van der Waals surface area (Å²) in [5, 5.41) is 3.35. The van der Waals surface area contributed by atoms with Crippen LogP contribution in [0.4, 0.5) is 0 Å². The van der Waals surface area contributed by atoms with Gasteiger partial charge in [0.1, 0.15) is 5.72 Å². The monoisotopic (exact) mass is 445 g/mol. The second kappa shape index (κ2) is 10.4. The predicted octanol–water partition coefficient (Wildman–Crippen LogP) is 5.35. The molecule has 31 heavy (non-hydrogen) atoms. The fourth-order valence-electron chi connectivity index (χ4n) is 3.09. The van der Waals surface area contributed by atoms with Crippen LogP contribution >= 0.6 is 0 Å². The number of hydrogen-bond donors (Lipinski definition) is 1. The highest BCUT2D eigenvalue weighted by molar-refractivity contribution is 4.89. The smallest absolute Gasteiger partial charge is 0.170 e. The summed E-state index contributed by atoms with van der Waals surface area (Å²) < 4.78 is 27.8. The molecule has 0 spiro atoms. The summed E-state index contributed by atoms with van der Waals surface area (Å²) >= 11 is 0. The highest BCUT2D eigenvalue weighted by atomic mass is 16.7. The molecule has 1 unspecified atom stereocenters. The largest absolute Gasteiger partial charge is 0.359 e. The molecule has 6 nitrogen and oxygen atoms in total. The zero-order chi connectivity index (χ0) is 24.2. The van der Waals surface area contributed by atoms with Crippen molar-refractivity contribution in [3.05, 3.63) is 0 Å². The molecule has 0 radical (unpaired) electrons. The van der Waals surface area contributed by atoms with Gasteiger partial charge in [0.25, 0.3) is 0 Å². The van der Waals surface area contributed by atoms with Gasteiger partial charge in [-0.2, -0.15) is 0 Å². The van der Waals surface area contributed by atoms with Crippen LogP contribution in [-0.4, -0.2) is 56.9 Å². The van der Waals surface area contributed by atoms with Crippen molar-refractivity contribution in [1.82, 2.24) is 5.32 Å². The maximum absolute atomic E-state index is 5.61. The Bertz CT molecular complexity index is 492. The molecule has 0 aromatic carbocycles. The van der Waals surface area contributed by atoms with Crippen molar-refractivity contribution in [3.63, 3.8) is 0 Å². The van der Waals surface area contributed by atoms with Crippen molar-refractivity contribution in [2.24, 2.45) is 16.2 Å². The standard InChI is InChI=1S/C9H18O2.C8H17NO.C8H16O2/c1-8(2,3)9(4)10-6-5-7-11-9;2*1-7(2,3)8(4)9-5-6-10-8/h5-7H2,1-4H3;9H,5-6H2,1-4H3;5-6H2,1-4H3. The zero-order valence-electron chi connectivity index (χ0n) is 22.5. The highest BCUT2D eigenvalue weighted by Crippen LogP contribution is 2.37. The van der Waals surface area contributed by atoms with Gasteiger partial charge in [-0.1, -0.05) is 62.3 Å². The first-order chi connectivity index (χ1) is 13.9. The van der Waals surface area contributed by atoms with E-state index in [2.05, 4.69) is 74.6 Å². The molecule has 3 aliphatic heterocycles. The summed E-state index contributed by atoms with van der Waals surface area (Å²) in [6.07, 6.45) is 1.02. The molecule has 0 aliphatic carbocycles. The van der Waals surface area contributed by atoms with Gasteiger partial charge in [-0.15, -0.1) is 0 Å². The van der Waals surface area contributed by atoms with Gasteiger partial charge in [-0.3, -0.25) is 5.32 Å². The van der Waals surface area contributed by atoms with Gasteiger partial charge < -0.3 is 23.7 Å². The molecular weight excluding hydrogens is 394 g/mol. The first-order valence-corrected chi connectivity index (χ1v) is 11.8. The number of rotatable bonds is 0. The Kier molecular flexibility index (Phi) is 9.62. The predicted molar refractivity (Wildman–Crippen MR) is 126 cm³/mol. The van der Waals surface area contributed by atoms with Crippen molar-refractivity contribution in [1.29, 1.82) is 0 Å². The number of hydrogen-bond acceptors (Lipinski definition) is 6. The van der Waals surface area contributed by atoms with Crippen LogP contribution < -0.4 is 5.32 Å². The lowest BCUT2D eigenvalue weighted by Gasteiger charge is -2.43. The van der Waals surface area contributed by atoms with Crippen molar-refractivity contribution >= 4 is 0 Å². The molecule has 0 bridgehead atoms. The van der Waals surface area contributed by atoms with E-state index in [1.54, 1.807) is 0 Å². The molecule has 0 amide bonds. The molecule has 0 aromatic heterocycles. The molecule has 3 saturated heterocycles. The van der Waals surface area contributed by atoms with Gasteiger partial charge in [0, 0.05) is 22.8 Å². The normalized spacial score (nSPS) is 28.3. The third kappa shape index (κ3) is 7.65. The fourth-order valence-corrected chi connectivity index (χ4v) is 3.09. The van der Waals surface area contributed by atoms with Crippen molar-refractivity contribution in [3.8, 4) is 0 Å². The lowest BCUT2D eigenvalue weighted by atomic mass is 9.84. The third-order valence-corrected chi connectivity index (χ3v) is 6.99. The Morgan fingerprint density at radius 3 is 1.10 bits per heavy atom. The SMILES string of the molecule is CC(C)(C)C1(C)NCCO1.CC(C)(C)C1(C)OCCCO1.CC(C)(C)C1(C)OCCO1. The van der Waals surface area contributed by atoms with E-state index in [9.17, 15) is 0 Å². The lowest BCUT2D eigenvalue weighted by Crippen LogP contribution is -2.49. The van der Waals surface area contributed by atoms with E-state index < -0.39 is 0 Å². The topological polar surface area (TPSA) is 58.2 Å². The van der Waals surface area contributed by atoms with E-state index in [-0.39, 0.29) is 33.5 Å². The van der Waals surface area contributed by atoms with Crippen LogP contribution in [-0.2, 0) is 23.7 Å². The van der Waals surface area contributed by atoms with Gasteiger partial charge in [0.15, 0.2) is 11.6 Å². The van der Waals surface area contributed by atoms with E-state index in [4.69, 9.17) is 23.7 Å². The number of nitrogens with one attached hydrogen (secondary N) is 1. The first-order valence-electron chi connectivity index (χ1n) is 11.8.